The molecular weight excluding hydrogens is 233 g/mol. The molecule has 0 fully saturated rings. The molecule has 2 rings (SSSR count). The molecule has 5 heteroatoms. The second kappa shape index (κ2) is 5.08. The van der Waals surface area contributed by atoms with Gasteiger partial charge in [-0.2, -0.15) is 0 Å². The van der Waals surface area contributed by atoms with Crippen LogP contribution in [0.15, 0.2) is 24.3 Å². The first-order chi connectivity index (χ1) is 8.61. The van der Waals surface area contributed by atoms with Crippen LogP contribution in [0, 0.1) is 5.82 Å². The number of nitrogens with zero attached hydrogens (tertiary/aromatic N) is 3. The second-order valence-electron chi connectivity index (χ2n) is 4.42. The lowest BCUT2D eigenvalue weighted by atomic mass is 10.1. The quantitative estimate of drug-likeness (QED) is 0.779. The first-order valence-electron chi connectivity index (χ1n) is 5.75. The Bertz CT molecular complexity index is 563. The summed E-state index contributed by atoms with van der Waals surface area (Å²) in [6.45, 7) is 4.34. The number of carbonyl (C=O) groups is 1. The predicted molar refractivity (Wildman–Crippen MR) is 65.0 cm³/mol. The van der Waals surface area contributed by atoms with Gasteiger partial charge in [-0.15, -0.1) is 5.10 Å². The average molecular weight is 247 g/mol. The maximum atomic E-state index is 13.1. The van der Waals surface area contributed by atoms with Crippen molar-refractivity contribution in [2.75, 3.05) is 0 Å². The number of hydrogen-bond donors (Lipinski definition) is 0. The lowest BCUT2D eigenvalue weighted by Gasteiger charge is -2.09. The van der Waals surface area contributed by atoms with E-state index < -0.39 is 0 Å². The van der Waals surface area contributed by atoms with Gasteiger partial charge in [-0.1, -0.05) is 31.2 Å². The van der Waals surface area contributed by atoms with Crippen LogP contribution in [0.3, 0.4) is 0 Å². The summed E-state index contributed by atoms with van der Waals surface area (Å²) in [5, 5.41) is 7.77. The Labute approximate surface area is 104 Å². The van der Waals surface area contributed by atoms with Crippen molar-refractivity contribution in [3.63, 3.8) is 0 Å². The van der Waals surface area contributed by atoms with Crippen molar-refractivity contribution in [2.45, 2.75) is 26.3 Å². The third-order valence-electron chi connectivity index (χ3n) is 2.68. The second-order valence-corrected chi connectivity index (χ2v) is 4.42. The number of aromatic nitrogens is 3. The highest BCUT2D eigenvalue weighted by atomic mass is 19.1. The first kappa shape index (κ1) is 12.4. The lowest BCUT2D eigenvalue weighted by Crippen LogP contribution is -2.09. The van der Waals surface area contributed by atoms with E-state index in [2.05, 4.69) is 10.3 Å². The Morgan fingerprint density at radius 3 is 2.83 bits per heavy atom. The van der Waals surface area contributed by atoms with Crippen molar-refractivity contribution < 1.29 is 9.18 Å². The van der Waals surface area contributed by atoms with Gasteiger partial charge in [0.1, 0.15) is 11.5 Å². The minimum atomic E-state index is -0.283. The summed E-state index contributed by atoms with van der Waals surface area (Å²) in [5.74, 6) is -0.150. The van der Waals surface area contributed by atoms with Crippen LogP contribution < -0.4 is 0 Å². The molecule has 0 aliphatic heterocycles. The van der Waals surface area contributed by atoms with Gasteiger partial charge in [0.25, 0.3) is 0 Å². The van der Waals surface area contributed by atoms with E-state index in [9.17, 15) is 9.18 Å². The fourth-order valence-electron chi connectivity index (χ4n) is 1.94. The van der Waals surface area contributed by atoms with Gasteiger partial charge in [0.2, 0.25) is 0 Å². The lowest BCUT2D eigenvalue weighted by molar-refractivity contribution is 0.111. The zero-order valence-corrected chi connectivity index (χ0v) is 10.3. The molecule has 0 N–H and O–H groups in total. The van der Waals surface area contributed by atoms with Crippen LogP contribution in [-0.2, 0) is 6.54 Å². The van der Waals surface area contributed by atoms with E-state index in [1.807, 2.05) is 19.9 Å². The summed E-state index contributed by atoms with van der Waals surface area (Å²) in [6, 6.07) is 6.31. The summed E-state index contributed by atoms with van der Waals surface area (Å²) >= 11 is 0. The molecule has 0 radical (unpaired) electrons. The Morgan fingerprint density at radius 1 is 1.44 bits per heavy atom. The smallest absolute Gasteiger partial charge is 0.172 e. The number of rotatable bonds is 4. The van der Waals surface area contributed by atoms with Gasteiger partial charge in [-0.25, -0.2) is 9.07 Å². The fraction of sp³-hybridized carbons (Fsp3) is 0.308. The Morgan fingerprint density at radius 2 is 2.22 bits per heavy atom. The monoisotopic (exact) mass is 247 g/mol. The number of carbonyl (C=O) groups excluding carboxylic acids is 1. The van der Waals surface area contributed by atoms with Crippen molar-refractivity contribution in [1.29, 1.82) is 0 Å². The number of hydrogen-bond acceptors (Lipinski definition) is 3. The van der Waals surface area contributed by atoms with Gasteiger partial charge in [-0.3, -0.25) is 4.79 Å². The molecule has 0 spiro atoms. The minimum absolute atomic E-state index is 0.133. The third-order valence-corrected chi connectivity index (χ3v) is 2.68. The summed E-state index contributed by atoms with van der Waals surface area (Å²) < 4.78 is 14.7. The van der Waals surface area contributed by atoms with Crippen molar-refractivity contribution in [3.05, 3.63) is 47.0 Å². The topological polar surface area (TPSA) is 47.8 Å². The molecule has 4 nitrogen and oxygen atoms in total. The minimum Gasteiger partial charge on any atom is -0.296 e. The van der Waals surface area contributed by atoms with E-state index in [1.54, 1.807) is 10.7 Å². The molecule has 94 valence electrons. The van der Waals surface area contributed by atoms with E-state index in [1.165, 1.54) is 12.1 Å². The number of benzene rings is 1. The van der Waals surface area contributed by atoms with Crippen molar-refractivity contribution in [3.8, 4) is 0 Å². The zero-order chi connectivity index (χ0) is 13.1. The first-order valence-corrected chi connectivity index (χ1v) is 5.75. The van der Waals surface area contributed by atoms with Gasteiger partial charge < -0.3 is 0 Å². The molecule has 1 aromatic carbocycles. The molecule has 2 aromatic rings. The van der Waals surface area contributed by atoms with E-state index >= 15 is 0 Å². The fourth-order valence-corrected chi connectivity index (χ4v) is 1.94. The van der Waals surface area contributed by atoms with Crippen molar-refractivity contribution in [1.82, 2.24) is 15.0 Å². The van der Waals surface area contributed by atoms with E-state index in [4.69, 9.17) is 0 Å². The summed E-state index contributed by atoms with van der Waals surface area (Å²) in [4.78, 5) is 10.9. The average Bonchev–Trinajstić information content (AvgIpc) is 2.72. The van der Waals surface area contributed by atoms with Crippen LogP contribution in [0.5, 0.6) is 0 Å². The molecule has 0 saturated carbocycles. The Hall–Kier alpha value is -2.04. The molecule has 0 aliphatic carbocycles. The largest absolute Gasteiger partial charge is 0.296 e. The highest BCUT2D eigenvalue weighted by molar-refractivity contribution is 5.73. The number of aldehydes is 1. The maximum Gasteiger partial charge on any atom is 0.172 e. The van der Waals surface area contributed by atoms with Crippen LogP contribution in [0.2, 0.25) is 0 Å². The molecular formula is C13H14FN3O. The molecule has 18 heavy (non-hydrogen) atoms. The van der Waals surface area contributed by atoms with E-state index in [0.29, 0.717) is 18.5 Å². The standard InChI is InChI=1S/C13H14FN3O/c1-9(2)13-12(8-18)15-16-17(13)7-10-4-3-5-11(14)6-10/h3-6,8-9H,7H2,1-2H3. The van der Waals surface area contributed by atoms with Crippen LogP contribution in [-0.4, -0.2) is 21.3 Å². The van der Waals surface area contributed by atoms with Crippen LogP contribution in [0.25, 0.3) is 0 Å². The molecule has 0 amide bonds. The van der Waals surface area contributed by atoms with E-state index in [0.717, 1.165) is 11.3 Å². The van der Waals surface area contributed by atoms with Crippen LogP contribution in [0.1, 0.15) is 41.5 Å². The highest BCUT2D eigenvalue weighted by Crippen LogP contribution is 2.17. The van der Waals surface area contributed by atoms with Crippen LogP contribution >= 0.6 is 0 Å². The summed E-state index contributed by atoms with van der Waals surface area (Å²) in [6.07, 6.45) is 0.699. The van der Waals surface area contributed by atoms with Gasteiger partial charge in [-0.05, 0) is 23.6 Å². The maximum absolute atomic E-state index is 13.1. The third kappa shape index (κ3) is 2.45. The van der Waals surface area contributed by atoms with Gasteiger partial charge in [0, 0.05) is 0 Å². The normalized spacial score (nSPS) is 10.9. The van der Waals surface area contributed by atoms with Crippen molar-refractivity contribution in [2.24, 2.45) is 0 Å². The Balaban J connectivity index is 2.34. The molecule has 0 unspecified atom stereocenters. The zero-order valence-electron chi connectivity index (χ0n) is 10.3. The molecule has 1 aromatic heterocycles. The molecule has 1 heterocycles. The SMILES string of the molecule is CC(C)c1c(C=O)nnn1Cc1cccc(F)c1. The Kier molecular flexibility index (Phi) is 3.50. The van der Waals surface area contributed by atoms with Crippen LogP contribution in [0.4, 0.5) is 4.39 Å². The highest BCUT2D eigenvalue weighted by Gasteiger charge is 2.15. The van der Waals surface area contributed by atoms with Gasteiger partial charge in [0.05, 0.1) is 12.2 Å². The molecule has 0 aliphatic rings. The predicted octanol–water partition coefficient (Wildman–Crippen LogP) is 2.40. The van der Waals surface area contributed by atoms with Crippen molar-refractivity contribution >= 4 is 6.29 Å². The summed E-state index contributed by atoms with van der Waals surface area (Å²) in [7, 11) is 0. The summed E-state index contributed by atoms with van der Waals surface area (Å²) in [5.41, 5.74) is 1.91. The van der Waals surface area contributed by atoms with Gasteiger partial charge in [0.15, 0.2) is 6.29 Å². The molecule has 0 saturated heterocycles. The molecule has 0 bridgehead atoms. The van der Waals surface area contributed by atoms with Gasteiger partial charge >= 0.3 is 0 Å². The molecule has 0 atom stereocenters. The van der Waals surface area contributed by atoms with E-state index in [-0.39, 0.29) is 11.7 Å². The number of halogens is 1.